The first kappa shape index (κ1) is 14.2. The van der Waals surface area contributed by atoms with Crippen molar-refractivity contribution >= 4 is 11.7 Å². The number of primary amides is 1. The summed E-state index contributed by atoms with van der Waals surface area (Å²) in [4.78, 5) is 24.5. The lowest BCUT2D eigenvalue weighted by atomic mass is 10.1. The molecule has 5 heteroatoms. The average molecular weight is 250 g/mol. The molecule has 0 atom stereocenters. The molecule has 0 saturated heterocycles. The number of Topliss-reactive ketones (excluding diaryl/α,β-unsaturated/α-hetero) is 1. The molecule has 0 saturated carbocycles. The van der Waals surface area contributed by atoms with Crippen LogP contribution in [0.4, 0.5) is 0 Å². The molecule has 18 heavy (non-hydrogen) atoms. The van der Waals surface area contributed by atoms with E-state index in [2.05, 4.69) is 0 Å². The predicted octanol–water partition coefficient (Wildman–Crippen LogP) is 0.685. The zero-order valence-corrected chi connectivity index (χ0v) is 10.7. The lowest BCUT2D eigenvalue weighted by Gasteiger charge is -2.17. The number of rotatable bonds is 7. The SMILES string of the molecule is CCN(CC(N)=O)CC(=O)c1cccc(OC)c1. The normalized spacial score (nSPS) is 10.4. The van der Waals surface area contributed by atoms with Gasteiger partial charge in [0.25, 0.3) is 0 Å². The third-order valence-corrected chi connectivity index (χ3v) is 2.59. The van der Waals surface area contributed by atoms with Crippen molar-refractivity contribution in [3.63, 3.8) is 0 Å². The highest BCUT2D eigenvalue weighted by molar-refractivity contribution is 5.98. The molecule has 0 bridgehead atoms. The molecule has 1 aromatic rings. The van der Waals surface area contributed by atoms with Gasteiger partial charge in [-0.3, -0.25) is 14.5 Å². The Bertz CT molecular complexity index is 432. The van der Waals surface area contributed by atoms with Gasteiger partial charge in [-0.1, -0.05) is 19.1 Å². The highest BCUT2D eigenvalue weighted by Crippen LogP contribution is 2.13. The number of ketones is 1. The van der Waals surface area contributed by atoms with E-state index < -0.39 is 5.91 Å². The van der Waals surface area contributed by atoms with Crippen molar-refractivity contribution in [3.8, 4) is 5.75 Å². The summed E-state index contributed by atoms with van der Waals surface area (Å²) in [5, 5.41) is 0. The van der Waals surface area contributed by atoms with Crippen molar-refractivity contribution in [3.05, 3.63) is 29.8 Å². The number of nitrogens with zero attached hydrogens (tertiary/aromatic N) is 1. The zero-order chi connectivity index (χ0) is 13.5. The topological polar surface area (TPSA) is 72.6 Å². The van der Waals surface area contributed by atoms with Crippen LogP contribution in [0.5, 0.6) is 5.75 Å². The summed E-state index contributed by atoms with van der Waals surface area (Å²) in [5.74, 6) is 0.145. The Morgan fingerprint density at radius 1 is 1.33 bits per heavy atom. The first-order valence-electron chi connectivity index (χ1n) is 5.74. The maximum atomic E-state index is 12.0. The van der Waals surface area contributed by atoms with E-state index in [1.165, 1.54) is 0 Å². The Morgan fingerprint density at radius 3 is 2.61 bits per heavy atom. The van der Waals surface area contributed by atoms with Gasteiger partial charge in [-0.05, 0) is 18.7 Å². The first-order valence-corrected chi connectivity index (χ1v) is 5.74. The van der Waals surface area contributed by atoms with E-state index in [0.717, 1.165) is 0 Å². The highest BCUT2D eigenvalue weighted by atomic mass is 16.5. The molecule has 0 aliphatic rings. The van der Waals surface area contributed by atoms with E-state index >= 15 is 0 Å². The van der Waals surface area contributed by atoms with Gasteiger partial charge in [0.2, 0.25) is 5.91 Å². The fourth-order valence-corrected chi connectivity index (χ4v) is 1.59. The highest BCUT2D eigenvalue weighted by Gasteiger charge is 2.13. The third-order valence-electron chi connectivity index (χ3n) is 2.59. The van der Waals surface area contributed by atoms with E-state index in [1.807, 2.05) is 6.92 Å². The number of likely N-dealkylation sites (N-methyl/N-ethyl adjacent to an activating group) is 1. The fraction of sp³-hybridized carbons (Fsp3) is 0.385. The van der Waals surface area contributed by atoms with Gasteiger partial charge in [0.15, 0.2) is 5.78 Å². The third kappa shape index (κ3) is 4.18. The van der Waals surface area contributed by atoms with Crippen LogP contribution in [0.1, 0.15) is 17.3 Å². The summed E-state index contributed by atoms with van der Waals surface area (Å²) < 4.78 is 5.06. The molecular formula is C13H18N2O3. The van der Waals surface area contributed by atoms with Crippen LogP contribution in [0.2, 0.25) is 0 Å². The van der Waals surface area contributed by atoms with Gasteiger partial charge in [-0.15, -0.1) is 0 Å². The molecule has 98 valence electrons. The van der Waals surface area contributed by atoms with Gasteiger partial charge in [0.1, 0.15) is 5.75 Å². The predicted molar refractivity (Wildman–Crippen MR) is 68.6 cm³/mol. The molecule has 1 aromatic carbocycles. The molecule has 5 nitrogen and oxygen atoms in total. The standard InChI is InChI=1S/C13H18N2O3/c1-3-15(9-13(14)17)8-12(16)10-5-4-6-11(7-10)18-2/h4-7H,3,8-9H2,1-2H3,(H2,14,17). The van der Waals surface area contributed by atoms with Crippen LogP contribution in [0.15, 0.2) is 24.3 Å². The maximum absolute atomic E-state index is 12.0. The minimum Gasteiger partial charge on any atom is -0.497 e. The van der Waals surface area contributed by atoms with Crippen LogP contribution < -0.4 is 10.5 Å². The second-order valence-electron chi connectivity index (χ2n) is 3.92. The van der Waals surface area contributed by atoms with Crippen LogP contribution in [0, 0.1) is 0 Å². The smallest absolute Gasteiger partial charge is 0.231 e. The fourth-order valence-electron chi connectivity index (χ4n) is 1.59. The number of carbonyl (C=O) groups excluding carboxylic acids is 2. The molecule has 0 spiro atoms. The molecular weight excluding hydrogens is 232 g/mol. The minimum atomic E-state index is -0.435. The van der Waals surface area contributed by atoms with Gasteiger partial charge in [0.05, 0.1) is 20.2 Å². The molecule has 0 fully saturated rings. The summed E-state index contributed by atoms with van der Waals surface area (Å²) in [6.07, 6.45) is 0. The Labute approximate surface area is 107 Å². The number of carbonyl (C=O) groups is 2. The molecule has 1 amide bonds. The average Bonchev–Trinajstić information content (AvgIpc) is 2.37. The molecule has 0 radical (unpaired) electrons. The van der Waals surface area contributed by atoms with Crippen molar-refractivity contribution in [2.75, 3.05) is 26.7 Å². The van der Waals surface area contributed by atoms with Crippen LogP contribution in [0.25, 0.3) is 0 Å². The summed E-state index contributed by atoms with van der Waals surface area (Å²) in [6.45, 7) is 2.74. The van der Waals surface area contributed by atoms with Gasteiger partial charge in [-0.25, -0.2) is 0 Å². The number of benzene rings is 1. The van der Waals surface area contributed by atoms with Gasteiger partial charge in [0, 0.05) is 5.56 Å². The molecule has 2 N–H and O–H groups in total. The Kier molecular flexibility index (Phi) is 5.32. The summed E-state index contributed by atoms with van der Waals surface area (Å²) in [5.41, 5.74) is 5.68. The Morgan fingerprint density at radius 2 is 2.06 bits per heavy atom. The van der Waals surface area contributed by atoms with Crippen molar-refractivity contribution in [1.82, 2.24) is 4.90 Å². The van der Waals surface area contributed by atoms with Crippen LogP contribution in [-0.4, -0.2) is 43.3 Å². The minimum absolute atomic E-state index is 0.0583. The van der Waals surface area contributed by atoms with E-state index in [1.54, 1.807) is 36.3 Å². The number of methoxy groups -OCH3 is 1. The largest absolute Gasteiger partial charge is 0.497 e. The van der Waals surface area contributed by atoms with Crippen LogP contribution >= 0.6 is 0 Å². The summed E-state index contributed by atoms with van der Waals surface area (Å²) in [7, 11) is 1.55. The van der Waals surface area contributed by atoms with Gasteiger partial charge < -0.3 is 10.5 Å². The van der Waals surface area contributed by atoms with Gasteiger partial charge in [-0.2, -0.15) is 0 Å². The molecule has 1 rings (SSSR count). The quantitative estimate of drug-likeness (QED) is 0.722. The van der Waals surface area contributed by atoms with Gasteiger partial charge >= 0.3 is 0 Å². The molecule has 0 aromatic heterocycles. The van der Waals surface area contributed by atoms with E-state index in [4.69, 9.17) is 10.5 Å². The number of hydrogen-bond donors (Lipinski definition) is 1. The molecule has 0 aliphatic carbocycles. The second-order valence-corrected chi connectivity index (χ2v) is 3.92. The molecule has 0 aliphatic heterocycles. The second kappa shape index (κ2) is 6.76. The van der Waals surface area contributed by atoms with Crippen LogP contribution in [-0.2, 0) is 4.79 Å². The van der Waals surface area contributed by atoms with Crippen molar-refractivity contribution in [2.24, 2.45) is 5.73 Å². The van der Waals surface area contributed by atoms with Crippen molar-refractivity contribution < 1.29 is 14.3 Å². The lowest BCUT2D eigenvalue weighted by molar-refractivity contribution is -0.118. The van der Waals surface area contributed by atoms with E-state index in [0.29, 0.717) is 17.9 Å². The summed E-state index contributed by atoms with van der Waals surface area (Å²) in [6, 6.07) is 6.94. The Hall–Kier alpha value is -1.88. The maximum Gasteiger partial charge on any atom is 0.231 e. The van der Waals surface area contributed by atoms with E-state index in [-0.39, 0.29) is 18.9 Å². The molecule has 0 unspecified atom stereocenters. The van der Waals surface area contributed by atoms with Crippen molar-refractivity contribution in [1.29, 1.82) is 0 Å². The van der Waals surface area contributed by atoms with Crippen molar-refractivity contribution in [2.45, 2.75) is 6.92 Å². The number of ether oxygens (including phenoxy) is 1. The number of nitrogens with two attached hydrogens (primary N) is 1. The van der Waals surface area contributed by atoms with Crippen LogP contribution in [0.3, 0.4) is 0 Å². The lowest BCUT2D eigenvalue weighted by Crippen LogP contribution is -2.37. The molecule has 0 heterocycles. The number of amides is 1. The van der Waals surface area contributed by atoms with E-state index in [9.17, 15) is 9.59 Å². The first-order chi connectivity index (χ1) is 8.56. The monoisotopic (exact) mass is 250 g/mol. The number of hydrogen-bond acceptors (Lipinski definition) is 4. The zero-order valence-electron chi connectivity index (χ0n) is 10.7. The Balaban J connectivity index is 2.71. The summed E-state index contributed by atoms with van der Waals surface area (Å²) >= 11 is 0.